The van der Waals surface area contributed by atoms with Crippen molar-refractivity contribution in [1.82, 2.24) is 9.97 Å². The standard InChI is InChI=1S/C17H28BrN3/c1-5-6-12-7-9-13(10-8-12)19-15-11-14(18)20-16(21-15)17(2,3)4/h11-13H,5-10H2,1-4H3,(H,19,20,21). The molecule has 2 rings (SSSR count). The summed E-state index contributed by atoms with van der Waals surface area (Å²) in [6, 6.07) is 2.56. The Hall–Kier alpha value is -0.640. The Morgan fingerprint density at radius 1 is 1.19 bits per heavy atom. The molecule has 3 nitrogen and oxygen atoms in total. The minimum absolute atomic E-state index is 0.0288. The van der Waals surface area contributed by atoms with Gasteiger partial charge in [0.15, 0.2) is 0 Å². The van der Waals surface area contributed by atoms with Gasteiger partial charge in [-0.05, 0) is 47.5 Å². The highest BCUT2D eigenvalue weighted by atomic mass is 79.9. The van der Waals surface area contributed by atoms with Crippen molar-refractivity contribution in [3.8, 4) is 0 Å². The molecule has 1 aromatic heterocycles. The van der Waals surface area contributed by atoms with Crippen molar-refractivity contribution >= 4 is 21.7 Å². The van der Waals surface area contributed by atoms with Crippen molar-refractivity contribution in [2.75, 3.05) is 5.32 Å². The third-order valence-corrected chi connectivity index (χ3v) is 4.67. The number of rotatable bonds is 4. The first kappa shape index (κ1) is 16.7. The first-order chi connectivity index (χ1) is 9.88. The maximum atomic E-state index is 4.70. The van der Waals surface area contributed by atoms with Gasteiger partial charge in [-0.1, -0.05) is 40.5 Å². The van der Waals surface area contributed by atoms with Crippen LogP contribution in [0.15, 0.2) is 10.7 Å². The van der Waals surface area contributed by atoms with E-state index in [4.69, 9.17) is 4.98 Å². The van der Waals surface area contributed by atoms with Crippen LogP contribution in [0.3, 0.4) is 0 Å². The molecule has 1 aliphatic rings. The molecule has 1 aromatic rings. The highest BCUT2D eigenvalue weighted by Crippen LogP contribution is 2.30. The monoisotopic (exact) mass is 353 g/mol. The number of aromatic nitrogens is 2. The summed E-state index contributed by atoms with van der Waals surface area (Å²) >= 11 is 3.51. The summed E-state index contributed by atoms with van der Waals surface area (Å²) in [5.41, 5.74) is -0.0288. The highest BCUT2D eigenvalue weighted by Gasteiger charge is 2.22. The van der Waals surface area contributed by atoms with Crippen molar-refractivity contribution < 1.29 is 0 Å². The number of nitrogens with one attached hydrogen (secondary N) is 1. The average Bonchev–Trinajstić information content (AvgIpc) is 2.40. The number of hydrogen-bond acceptors (Lipinski definition) is 3. The van der Waals surface area contributed by atoms with E-state index in [9.17, 15) is 0 Å². The molecule has 0 aromatic carbocycles. The smallest absolute Gasteiger partial charge is 0.137 e. The van der Waals surface area contributed by atoms with E-state index in [0.29, 0.717) is 6.04 Å². The Morgan fingerprint density at radius 3 is 2.43 bits per heavy atom. The van der Waals surface area contributed by atoms with Crippen molar-refractivity contribution in [1.29, 1.82) is 0 Å². The van der Waals surface area contributed by atoms with E-state index in [1.807, 2.05) is 6.07 Å². The summed E-state index contributed by atoms with van der Waals surface area (Å²) in [5.74, 6) is 2.79. The fraction of sp³-hybridized carbons (Fsp3) is 0.765. The SMILES string of the molecule is CCCC1CCC(Nc2cc(Br)nc(C(C)(C)C)n2)CC1. The molecule has 118 valence electrons. The predicted molar refractivity (Wildman–Crippen MR) is 92.7 cm³/mol. The van der Waals surface area contributed by atoms with Crippen LogP contribution < -0.4 is 5.32 Å². The van der Waals surface area contributed by atoms with Crippen LogP contribution in [0.5, 0.6) is 0 Å². The van der Waals surface area contributed by atoms with Crippen LogP contribution in [0.4, 0.5) is 5.82 Å². The molecule has 1 aliphatic carbocycles. The Balaban J connectivity index is 1.99. The topological polar surface area (TPSA) is 37.8 Å². The fourth-order valence-corrected chi connectivity index (χ4v) is 3.42. The third-order valence-electron chi connectivity index (χ3n) is 4.26. The summed E-state index contributed by atoms with van der Waals surface area (Å²) in [5, 5.41) is 3.62. The largest absolute Gasteiger partial charge is 0.367 e. The molecule has 0 bridgehead atoms. The fourth-order valence-electron chi connectivity index (χ4n) is 3.04. The van der Waals surface area contributed by atoms with Gasteiger partial charge in [-0.2, -0.15) is 0 Å². The Morgan fingerprint density at radius 2 is 1.86 bits per heavy atom. The van der Waals surface area contributed by atoms with E-state index in [1.54, 1.807) is 0 Å². The van der Waals surface area contributed by atoms with Crippen LogP contribution in [0.25, 0.3) is 0 Å². The van der Waals surface area contributed by atoms with Gasteiger partial charge in [0.25, 0.3) is 0 Å². The van der Waals surface area contributed by atoms with Crippen molar-refractivity contribution in [2.24, 2.45) is 5.92 Å². The van der Waals surface area contributed by atoms with Crippen LogP contribution in [0.2, 0.25) is 0 Å². The molecule has 0 unspecified atom stereocenters. The molecule has 0 radical (unpaired) electrons. The lowest BCUT2D eigenvalue weighted by Crippen LogP contribution is -2.27. The first-order valence-electron chi connectivity index (χ1n) is 8.20. The molecule has 1 saturated carbocycles. The minimum atomic E-state index is -0.0288. The summed E-state index contributed by atoms with van der Waals surface area (Å²) in [6.45, 7) is 8.73. The van der Waals surface area contributed by atoms with Gasteiger partial charge in [-0.25, -0.2) is 9.97 Å². The summed E-state index contributed by atoms with van der Waals surface area (Å²) in [6.07, 6.45) is 7.93. The van der Waals surface area contributed by atoms with Crippen molar-refractivity contribution in [2.45, 2.75) is 77.7 Å². The van der Waals surface area contributed by atoms with Crippen LogP contribution in [-0.2, 0) is 5.41 Å². The lowest BCUT2D eigenvalue weighted by Gasteiger charge is -2.29. The van der Waals surface area contributed by atoms with Crippen molar-refractivity contribution in [3.05, 3.63) is 16.5 Å². The van der Waals surface area contributed by atoms with Gasteiger partial charge in [0.05, 0.1) is 0 Å². The lowest BCUT2D eigenvalue weighted by atomic mass is 9.83. The van der Waals surface area contributed by atoms with Crippen LogP contribution in [0.1, 0.15) is 72.0 Å². The van der Waals surface area contributed by atoms with Gasteiger partial charge < -0.3 is 5.32 Å². The molecule has 0 spiro atoms. The lowest BCUT2D eigenvalue weighted by molar-refractivity contribution is 0.318. The second kappa shape index (κ2) is 7.08. The van der Waals surface area contributed by atoms with Crippen molar-refractivity contribution in [3.63, 3.8) is 0 Å². The maximum absolute atomic E-state index is 4.70. The molecule has 0 amide bonds. The summed E-state index contributed by atoms with van der Waals surface area (Å²) in [4.78, 5) is 9.20. The van der Waals surface area contributed by atoms with Gasteiger partial charge in [0, 0.05) is 17.5 Å². The number of nitrogens with zero attached hydrogens (tertiary/aromatic N) is 2. The summed E-state index contributed by atoms with van der Waals surface area (Å²) < 4.78 is 0.865. The van der Waals surface area contributed by atoms with E-state index in [1.165, 1.54) is 38.5 Å². The average molecular weight is 354 g/mol. The highest BCUT2D eigenvalue weighted by molar-refractivity contribution is 9.10. The molecule has 1 N–H and O–H groups in total. The van der Waals surface area contributed by atoms with E-state index >= 15 is 0 Å². The molecule has 0 saturated heterocycles. The van der Waals surface area contributed by atoms with Gasteiger partial charge in [0.1, 0.15) is 16.2 Å². The van der Waals surface area contributed by atoms with Crippen LogP contribution in [0, 0.1) is 5.92 Å². The second-order valence-electron chi connectivity index (χ2n) is 7.30. The third kappa shape index (κ3) is 4.94. The van der Waals surface area contributed by atoms with E-state index in [2.05, 4.69) is 53.9 Å². The van der Waals surface area contributed by atoms with E-state index in [0.717, 1.165) is 22.2 Å². The normalized spacial score (nSPS) is 23.1. The molecule has 1 heterocycles. The molecule has 0 atom stereocenters. The Kier molecular flexibility index (Phi) is 5.64. The van der Waals surface area contributed by atoms with E-state index in [-0.39, 0.29) is 5.41 Å². The van der Waals surface area contributed by atoms with E-state index < -0.39 is 0 Å². The summed E-state index contributed by atoms with van der Waals surface area (Å²) in [7, 11) is 0. The predicted octanol–water partition coefficient (Wildman–Crippen LogP) is 5.31. The quantitative estimate of drug-likeness (QED) is 0.745. The van der Waals surface area contributed by atoms with Crippen LogP contribution >= 0.6 is 15.9 Å². The number of halogens is 1. The zero-order valence-corrected chi connectivity index (χ0v) is 15.3. The zero-order valence-electron chi connectivity index (χ0n) is 13.7. The Labute approximate surface area is 137 Å². The van der Waals surface area contributed by atoms with Gasteiger partial charge >= 0.3 is 0 Å². The Bertz CT molecular complexity index is 460. The molecule has 1 fully saturated rings. The minimum Gasteiger partial charge on any atom is -0.367 e. The van der Waals surface area contributed by atoms with Gasteiger partial charge in [-0.3, -0.25) is 0 Å². The van der Waals surface area contributed by atoms with Gasteiger partial charge in [0.2, 0.25) is 0 Å². The molecular formula is C17H28BrN3. The molecular weight excluding hydrogens is 326 g/mol. The maximum Gasteiger partial charge on any atom is 0.137 e. The second-order valence-corrected chi connectivity index (χ2v) is 8.11. The van der Waals surface area contributed by atoms with Crippen LogP contribution in [-0.4, -0.2) is 16.0 Å². The molecule has 4 heteroatoms. The number of anilines is 1. The molecule has 21 heavy (non-hydrogen) atoms. The first-order valence-corrected chi connectivity index (χ1v) is 8.99. The number of hydrogen-bond donors (Lipinski definition) is 1. The zero-order chi connectivity index (χ0) is 15.5. The van der Waals surface area contributed by atoms with Gasteiger partial charge in [-0.15, -0.1) is 0 Å². The molecule has 0 aliphatic heterocycles.